The number of carbonyl (C=O) groups is 3. The molecule has 0 aromatic heterocycles. The number of amides is 4. The molecule has 1 aliphatic carbocycles. The summed E-state index contributed by atoms with van der Waals surface area (Å²) in [4.78, 5) is 38.6. The third-order valence-corrected chi connectivity index (χ3v) is 5.60. The molecule has 3 rings (SSSR count). The molecule has 7 nitrogen and oxygen atoms in total. The Kier molecular flexibility index (Phi) is 6.21. The molecule has 0 radical (unpaired) electrons. The maximum Gasteiger partial charge on any atom is 0.325 e. The van der Waals surface area contributed by atoms with Gasteiger partial charge in [-0.1, -0.05) is 38.0 Å². The summed E-state index contributed by atoms with van der Waals surface area (Å²) in [5.41, 5.74) is 0.204. The van der Waals surface area contributed by atoms with E-state index in [-0.39, 0.29) is 36.9 Å². The molecule has 28 heavy (non-hydrogen) atoms. The molecule has 2 N–H and O–H groups in total. The van der Waals surface area contributed by atoms with Crippen LogP contribution >= 0.6 is 0 Å². The minimum atomic E-state index is -0.726. The SMILES string of the molecule is CCOc1ccccc1C(CC)NC(=O)CCN1C(=O)NC2(CCCC2)C1=O. The van der Waals surface area contributed by atoms with E-state index in [1.165, 1.54) is 4.90 Å². The lowest BCUT2D eigenvalue weighted by Crippen LogP contribution is -2.44. The number of urea groups is 1. The van der Waals surface area contributed by atoms with Crippen LogP contribution in [0.3, 0.4) is 0 Å². The van der Waals surface area contributed by atoms with Gasteiger partial charge in [0.2, 0.25) is 5.91 Å². The predicted octanol–water partition coefficient (Wildman–Crippen LogP) is 2.91. The van der Waals surface area contributed by atoms with Gasteiger partial charge in [-0.3, -0.25) is 14.5 Å². The molecule has 1 aromatic carbocycles. The molecule has 1 aliphatic heterocycles. The van der Waals surface area contributed by atoms with Crippen molar-refractivity contribution in [2.45, 2.75) is 64.0 Å². The Labute approximate surface area is 165 Å². The van der Waals surface area contributed by atoms with Gasteiger partial charge in [0.25, 0.3) is 5.91 Å². The Morgan fingerprint density at radius 1 is 1.25 bits per heavy atom. The number of nitrogens with one attached hydrogen (secondary N) is 2. The van der Waals surface area contributed by atoms with E-state index < -0.39 is 5.54 Å². The zero-order chi connectivity index (χ0) is 20.1. The van der Waals surface area contributed by atoms with Crippen molar-refractivity contribution in [3.8, 4) is 5.75 Å². The maximum absolute atomic E-state index is 12.7. The summed E-state index contributed by atoms with van der Waals surface area (Å²) in [7, 11) is 0. The fraction of sp³-hybridized carbons (Fsp3) is 0.571. The minimum absolute atomic E-state index is 0.0859. The average Bonchev–Trinajstić information content (AvgIpc) is 3.24. The van der Waals surface area contributed by atoms with Crippen LogP contribution in [0.5, 0.6) is 5.75 Å². The number of hydrogen-bond acceptors (Lipinski definition) is 4. The second kappa shape index (κ2) is 8.63. The molecule has 1 atom stereocenters. The Morgan fingerprint density at radius 3 is 2.64 bits per heavy atom. The number of nitrogens with zero attached hydrogens (tertiary/aromatic N) is 1. The van der Waals surface area contributed by atoms with Crippen LogP contribution < -0.4 is 15.4 Å². The molecule has 2 aliphatic rings. The van der Waals surface area contributed by atoms with Crippen molar-refractivity contribution in [1.29, 1.82) is 0 Å². The van der Waals surface area contributed by atoms with Crippen molar-refractivity contribution >= 4 is 17.8 Å². The first kappa shape index (κ1) is 20.2. The predicted molar refractivity (Wildman–Crippen MR) is 105 cm³/mol. The first-order valence-electron chi connectivity index (χ1n) is 10.2. The summed E-state index contributed by atoms with van der Waals surface area (Å²) < 4.78 is 5.67. The lowest BCUT2D eigenvalue weighted by molar-refractivity contribution is -0.131. The summed E-state index contributed by atoms with van der Waals surface area (Å²) >= 11 is 0. The van der Waals surface area contributed by atoms with Gasteiger partial charge >= 0.3 is 6.03 Å². The molecule has 1 unspecified atom stereocenters. The highest BCUT2D eigenvalue weighted by Gasteiger charge is 2.52. The van der Waals surface area contributed by atoms with Gasteiger partial charge in [0.05, 0.1) is 12.6 Å². The minimum Gasteiger partial charge on any atom is -0.494 e. The van der Waals surface area contributed by atoms with E-state index in [0.717, 1.165) is 24.2 Å². The second-order valence-corrected chi connectivity index (χ2v) is 7.43. The number of hydrogen-bond donors (Lipinski definition) is 2. The lowest BCUT2D eigenvalue weighted by Gasteiger charge is -2.22. The van der Waals surface area contributed by atoms with Gasteiger partial charge in [-0.25, -0.2) is 4.79 Å². The molecule has 7 heteroatoms. The summed E-state index contributed by atoms with van der Waals surface area (Å²) in [6.45, 7) is 4.57. The fourth-order valence-electron chi connectivity index (χ4n) is 4.13. The smallest absolute Gasteiger partial charge is 0.325 e. The van der Waals surface area contributed by atoms with Crippen molar-refractivity contribution < 1.29 is 19.1 Å². The van der Waals surface area contributed by atoms with E-state index in [1.807, 2.05) is 38.1 Å². The molecule has 1 saturated heterocycles. The van der Waals surface area contributed by atoms with E-state index in [0.29, 0.717) is 25.9 Å². The first-order valence-corrected chi connectivity index (χ1v) is 10.2. The van der Waals surface area contributed by atoms with Crippen molar-refractivity contribution in [1.82, 2.24) is 15.5 Å². The van der Waals surface area contributed by atoms with E-state index >= 15 is 0 Å². The molecule has 0 bridgehead atoms. The second-order valence-electron chi connectivity index (χ2n) is 7.43. The van der Waals surface area contributed by atoms with Crippen LogP contribution in [0.25, 0.3) is 0 Å². The van der Waals surface area contributed by atoms with Gasteiger partial charge in [0.15, 0.2) is 0 Å². The van der Waals surface area contributed by atoms with Gasteiger partial charge in [0.1, 0.15) is 11.3 Å². The number of imide groups is 1. The van der Waals surface area contributed by atoms with Crippen molar-refractivity contribution in [3.63, 3.8) is 0 Å². The molecule has 4 amide bonds. The Morgan fingerprint density at radius 2 is 1.96 bits per heavy atom. The summed E-state index contributed by atoms with van der Waals surface area (Å²) in [5, 5.41) is 5.85. The third kappa shape index (κ3) is 3.98. The monoisotopic (exact) mass is 387 g/mol. The number of benzene rings is 1. The van der Waals surface area contributed by atoms with Crippen molar-refractivity contribution in [3.05, 3.63) is 29.8 Å². The topological polar surface area (TPSA) is 87.7 Å². The van der Waals surface area contributed by atoms with Crippen LogP contribution in [-0.2, 0) is 9.59 Å². The molecule has 1 heterocycles. The number of ether oxygens (including phenoxy) is 1. The Hall–Kier alpha value is -2.57. The number of carbonyl (C=O) groups excluding carboxylic acids is 3. The van der Waals surface area contributed by atoms with Crippen LogP contribution in [0.2, 0.25) is 0 Å². The van der Waals surface area contributed by atoms with Gasteiger partial charge in [-0.15, -0.1) is 0 Å². The summed E-state index contributed by atoms with van der Waals surface area (Å²) in [6.07, 6.45) is 4.05. The molecule has 1 aromatic rings. The van der Waals surface area contributed by atoms with Crippen LogP contribution in [0.4, 0.5) is 4.79 Å². The average molecular weight is 387 g/mol. The number of para-hydroxylation sites is 1. The zero-order valence-corrected chi connectivity index (χ0v) is 16.6. The normalized spacial score (nSPS) is 19.0. The maximum atomic E-state index is 12.7. The zero-order valence-electron chi connectivity index (χ0n) is 16.6. The largest absolute Gasteiger partial charge is 0.494 e. The standard InChI is InChI=1S/C21H29N3O4/c1-3-16(15-9-5-6-10-17(15)28-4-2)22-18(25)11-14-24-19(26)21(23-20(24)27)12-7-8-13-21/h5-6,9-10,16H,3-4,7-8,11-14H2,1-2H3,(H,22,25)(H,23,27). The van der Waals surface area contributed by atoms with Gasteiger partial charge in [-0.2, -0.15) is 0 Å². The molecule has 1 saturated carbocycles. The van der Waals surface area contributed by atoms with Gasteiger partial charge in [0, 0.05) is 18.5 Å². The van der Waals surface area contributed by atoms with Crippen LogP contribution in [-0.4, -0.2) is 41.4 Å². The first-order chi connectivity index (χ1) is 13.5. The highest BCUT2D eigenvalue weighted by molar-refractivity contribution is 6.07. The Bertz CT molecular complexity index is 743. The van der Waals surface area contributed by atoms with Crippen LogP contribution in [0, 0.1) is 0 Å². The fourth-order valence-corrected chi connectivity index (χ4v) is 4.13. The lowest BCUT2D eigenvalue weighted by atomic mass is 9.98. The molecular formula is C21H29N3O4. The van der Waals surface area contributed by atoms with E-state index in [4.69, 9.17) is 4.74 Å². The van der Waals surface area contributed by atoms with Gasteiger partial charge < -0.3 is 15.4 Å². The molecular weight excluding hydrogens is 358 g/mol. The Balaban J connectivity index is 1.59. The highest BCUT2D eigenvalue weighted by atomic mass is 16.5. The van der Waals surface area contributed by atoms with Crippen LogP contribution in [0.1, 0.15) is 64.0 Å². The van der Waals surface area contributed by atoms with E-state index in [1.54, 1.807) is 0 Å². The molecule has 152 valence electrons. The summed E-state index contributed by atoms with van der Waals surface area (Å²) in [6, 6.07) is 7.09. The van der Waals surface area contributed by atoms with Crippen molar-refractivity contribution in [2.24, 2.45) is 0 Å². The quantitative estimate of drug-likeness (QED) is 0.672. The van der Waals surface area contributed by atoms with Crippen molar-refractivity contribution in [2.75, 3.05) is 13.2 Å². The molecule has 2 fully saturated rings. The van der Waals surface area contributed by atoms with Gasteiger partial charge in [-0.05, 0) is 32.3 Å². The highest BCUT2D eigenvalue weighted by Crippen LogP contribution is 2.35. The number of rotatable bonds is 8. The van der Waals surface area contributed by atoms with E-state index in [9.17, 15) is 14.4 Å². The van der Waals surface area contributed by atoms with Crippen LogP contribution in [0.15, 0.2) is 24.3 Å². The summed E-state index contributed by atoms with van der Waals surface area (Å²) in [5.74, 6) is 0.386. The molecule has 1 spiro atoms. The third-order valence-electron chi connectivity index (χ3n) is 5.60. The van der Waals surface area contributed by atoms with E-state index in [2.05, 4.69) is 10.6 Å².